The molecule has 32 heavy (non-hydrogen) atoms. The monoisotopic (exact) mass is 451 g/mol. The molecule has 2 heterocycles. The molecule has 0 spiro atoms. The number of aromatic nitrogens is 3. The lowest BCUT2D eigenvalue weighted by molar-refractivity contribution is -0.384. The lowest BCUT2D eigenvalue weighted by Gasteiger charge is -2.19. The Kier molecular flexibility index (Phi) is 5.81. The largest absolute Gasteiger partial charge is 0.494 e. The second-order valence-corrected chi connectivity index (χ2v) is 7.90. The van der Waals surface area contributed by atoms with Crippen molar-refractivity contribution in [2.45, 2.75) is 39.3 Å². The zero-order chi connectivity index (χ0) is 23.8. The van der Waals surface area contributed by atoms with Crippen LogP contribution in [0.4, 0.5) is 24.5 Å². The fourth-order valence-electron chi connectivity index (χ4n) is 2.88. The number of anilines is 1. The SMILES string of the molecule is CCOc1ccc(NC(=O)c2cc3nc(C(C)(C)C)cc(C(F)(F)F)n3n2)c([N+](=O)[O-])c1. The van der Waals surface area contributed by atoms with Crippen LogP contribution in [0.15, 0.2) is 30.3 Å². The molecule has 3 aromatic rings. The molecule has 1 amide bonds. The molecular weight excluding hydrogens is 431 g/mol. The van der Waals surface area contributed by atoms with E-state index in [0.29, 0.717) is 4.52 Å². The number of ether oxygens (including phenoxy) is 1. The van der Waals surface area contributed by atoms with Crippen LogP contribution >= 0.6 is 0 Å². The van der Waals surface area contributed by atoms with E-state index in [1.807, 2.05) is 0 Å². The molecule has 9 nitrogen and oxygen atoms in total. The summed E-state index contributed by atoms with van der Waals surface area (Å²) in [6, 6.07) is 5.82. The first-order chi connectivity index (χ1) is 14.8. The first-order valence-electron chi connectivity index (χ1n) is 9.52. The maximum atomic E-state index is 13.6. The number of rotatable bonds is 5. The first-order valence-corrected chi connectivity index (χ1v) is 9.52. The molecular formula is C20H20F3N5O4. The number of hydrogen-bond acceptors (Lipinski definition) is 6. The molecule has 0 radical (unpaired) electrons. The molecule has 0 saturated carbocycles. The minimum Gasteiger partial charge on any atom is -0.494 e. The molecule has 1 aromatic carbocycles. The molecule has 12 heteroatoms. The molecule has 0 aliphatic rings. The van der Waals surface area contributed by atoms with Crippen molar-refractivity contribution in [3.05, 3.63) is 57.5 Å². The zero-order valence-electron chi connectivity index (χ0n) is 17.6. The van der Waals surface area contributed by atoms with E-state index in [-0.39, 0.29) is 35.1 Å². The molecule has 1 N–H and O–H groups in total. The molecule has 3 rings (SSSR count). The van der Waals surface area contributed by atoms with Crippen molar-refractivity contribution in [1.29, 1.82) is 0 Å². The van der Waals surface area contributed by atoms with Gasteiger partial charge in [-0.2, -0.15) is 18.3 Å². The smallest absolute Gasteiger partial charge is 0.433 e. The Balaban J connectivity index is 2.04. The van der Waals surface area contributed by atoms with Crippen LogP contribution in [0.5, 0.6) is 5.75 Å². The summed E-state index contributed by atoms with van der Waals surface area (Å²) >= 11 is 0. The first kappa shape index (κ1) is 23.0. The van der Waals surface area contributed by atoms with Gasteiger partial charge in [0.2, 0.25) is 0 Å². The number of nitro groups is 1. The predicted octanol–water partition coefficient (Wildman–Crippen LogP) is 4.60. The van der Waals surface area contributed by atoms with E-state index in [1.165, 1.54) is 12.1 Å². The van der Waals surface area contributed by atoms with E-state index in [1.54, 1.807) is 27.7 Å². The van der Waals surface area contributed by atoms with E-state index in [2.05, 4.69) is 15.4 Å². The summed E-state index contributed by atoms with van der Waals surface area (Å²) in [6.07, 6.45) is -4.74. The third-order valence-electron chi connectivity index (χ3n) is 4.44. The molecule has 2 aromatic heterocycles. The molecule has 0 unspecified atom stereocenters. The molecule has 0 atom stereocenters. The number of carbonyl (C=O) groups excluding carboxylic acids is 1. The van der Waals surface area contributed by atoms with E-state index >= 15 is 0 Å². The summed E-state index contributed by atoms with van der Waals surface area (Å²) < 4.78 is 46.6. The van der Waals surface area contributed by atoms with Crippen molar-refractivity contribution in [2.24, 2.45) is 0 Å². The highest BCUT2D eigenvalue weighted by Crippen LogP contribution is 2.33. The van der Waals surface area contributed by atoms with Gasteiger partial charge in [-0.05, 0) is 25.1 Å². The number of hydrogen-bond donors (Lipinski definition) is 1. The normalized spacial score (nSPS) is 12.1. The Labute approximate surface area is 180 Å². The van der Waals surface area contributed by atoms with Gasteiger partial charge >= 0.3 is 6.18 Å². The maximum Gasteiger partial charge on any atom is 0.433 e. The van der Waals surface area contributed by atoms with E-state index < -0.39 is 33.8 Å². The van der Waals surface area contributed by atoms with Crippen LogP contribution in [0.25, 0.3) is 5.65 Å². The highest BCUT2D eigenvalue weighted by atomic mass is 19.4. The average Bonchev–Trinajstić information content (AvgIpc) is 3.11. The van der Waals surface area contributed by atoms with Gasteiger partial charge in [0.1, 0.15) is 17.1 Å². The fraction of sp³-hybridized carbons (Fsp3) is 0.350. The molecule has 170 valence electrons. The summed E-state index contributed by atoms with van der Waals surface area (Å²) in [4.78, 5) is 27.5. The molecule has 0 aliphatic heterocycles. The minimum absolute atomic E-state index is 0.153. The quantitative estimate of drug-likeness (QED) is 0.448. The summed E-state index contributed by atoms with van der Waals surface area (Å²) in [6.45, 7) is 7.12. The number of nitrogens with one attached hydrogen (secondary N) is 1. The molecule has 0 fully saturated rings. The summed E-state index contributed by atoms with van der Waals surface area (Å²) in [5.74, 6) is -0.688. The number of halogens is 3. The molecule has 0 saturated heterocycles. The van der Waals surface area contributed by atoms with Crippen LogP contribution < -0.4 is 10.1 Å². The van der Waals surface area contributed by atoms with Gasteiger partial charge in [-0.1, -0.05) is 20.8 Å². The Morgan fingerprint density at radius 3 is 2.47 bits per heavy atom. The van der Waals surface area contributed by atoms with Crippen LogP contribution in [0.1, 0.15) is 49.6 Å². The van der Waals surface area contributed by atoms with E-state index in [4.69, 9.17) is 4.74 Å². The third-order valence-corrected chi connectivity index (χ3v) is 4.44. The number of carbonyl (C=O) groups is 1. The zero-order valence-corrected chi connectivity index (χ0v) is 17.6. The minimum atomic E-state index is -4.74. The Hall–Kier alpha value is -3.70. The maximum absolute atomic E-state index is 13.6. The van der Waals surface area contributed by atoms with Gasteiger partial charge in [0.05, 0.1) is 23.3 Å². The Morgan fingerprint density at radius 1 is 1.22 bits per heavy atom. The van der Waals surface area contributed by atoms with Crippen molar-refractivity contribution >= 4 is 22.9 Å². The Morgan fingerprint density at radius 2 is 1.91 bits per heavy atom. The van der Waals surface area contributed by atoms with E-state index in [0.717, 1.165) is 18.2 Å². The van der Waals surface area contributed by atoms with Crippen LogP contribution in [0, 0.1) is 10.1 Å². The number of benzene rings is 1. The summed E-state index contributed by atoms with van der Waals surface area (Å²) in [5, 5.41) is 17.4. The van der Waals surface area contributed by atoms with Crippen LogP contribution in [0.3, 0.4) is 0 Å². The molecule has 0 bridgehead atoms. The van der Waals surface area contributed by atoms with Gasteiger partial charge in [-0.25, -0.2) is 9.50 Å². The van der Waals surface area contributed by atoms with Crippen LogP contribution in [0.2, 0.25) is 0 Å². The third kappa shape index (κ3) is 4.63. The highest BCUT2D eigenvalue weighted by molar-refractivity contribution is 6.04. The number of nitro benzene ring substituents is 1. The van der Waals surface area contributed by atoms with Crippen molar-refractivity contribution in [3.8, 4) is 5.75 Å². The number of amides is 1. The second-order valence-electron chi connectivity index (χ2n) is 7.90. The second kappa shape index (κ2) is 8.09. The average molecular weight is 451 g/mol. The number of fused-ring (bicyclic) bond motifs is 1. The summed E-state index contributed by atoms with van der Waals surface area (Å²) in [7, 11) is 0. The molecule has 0 aliphatic carbocycles. The van der Waals surface area contributed by atoms with Gasteiger partial charge in [0, 0.05) is 11.5 Å². The number of nitrogens with zero attached hydrogens (tertiary/aromatic N) is 4. The van der Waals surface area contributed by atoms with Crippen LogP contribution in [-0.4, -0.2) is 32.0 Å². The highest BCUT2D eigenvalue weighted by Gasteiger charge is 2.36. The van der Waals surface area contributed by atoms with Gasteiger partial charge in [0.15, 0.2) is 11.3 Å². The van der Waals surface area contributed by atoms with Crippen molar-refractivity contribution in [3.63, 3.8) is 0 Å². The topological polar surface area (TPSA) is 112 Å². The lowest BCUT2D eigenvalue weighted by Crippen LogP contribution is -2.20. The van der Waals surface area contributed by atoms with Crippen LogP contribution in [-0.2, 0) is 11.6 Å². The predicted molar refractivity (Wildman–Crippen MR) is 109 cm³/mol. The van der Waals surface area contributed by atoms with Gasteiger partial charge in [-0.3, -0.25) is 14.9 Å². The number of alkyl halides is 3. The Bertz CT molecular complexity index is 1200. The van der Waals surface area contributed by atoms with Gasteiger partial charge in [-0.15, -0.1) is 0 Å². The van der Waals surface area contributed by atoms with Gasteiger partial charge in [0.25, 0.3) is 11.6 Å². The fourth-order valence-corrected chi connectivity index (χ4v) is 2.88. The van der Waals surface area contributed by atoms with E-state index in [9.17, 15) is 28.1 Å². The van der Waals surface area contributed by atoms with Crippen molar-refractivity contribution in [2.75, 3.05) is 11.9 Å². The lowest BCUT2D eigenvalue weighted by atomic mass is 9.91. The summed E-state index contributed by atoms with van der Waals surface area (Å²) in [5.41, 5.74) is -2.73. The van der Waals surface area contributed by atoms with Crippen molar-refractivity contribution < 1.29 is 27.6 Å². The van der Waals surface area contributed by atoms with Crippen molar-refractivity contribution in [1.82, 2.24) is 14.6 Å². The van der Waals surface area contributed by atoms with Gasteiger partial charge < -0.3 is 10.1 Å². The standard InChI is InChI=1S/C20H20F3N5O4/c1-5-32-11-6-7-12(14(8-11)28(30)31)24-18(29)13-9-17-25-15(19(2,3)4)10-16(20(21,22)23)27(17)26-13/h6-10H,5H2,1-4H3,(H,24,29).